The maximum absolute atomic E-state index is 13.7. The molecule has 0 aliphatic heterocycles. The first-order valence-corrected chi connectivity index (χ1v) is 12.9. The van der Waals surface area contributed by atoms with Crippen LogP contribution in [0, 0.1) is 17.1 Å². The molecular weight excluding hydrogens is 543 g/mol. The number of benzene rings is 3. The SMILES string of the molecule is N#Cc1ccc(-c2cnc([C@@H](Cc3ccc(F)cc3)n3ccc(-c4cc(Cl)ccc4-n4cnnn4)cc3=O)[nH]2)cc1. The average Bonchev–Trinajstić information content (AvgIpc) is 3.71. The Morgan fingerprint density at radius 1 is 1.00 bits per heavy atom. The van der Waals surface area contributed by atoms with Gasteiger partial charge in [-0.15, -0.1) is 5.10 Å². The van der Waals surface area contributed by atoms with Crippen molar-refractivity contribution in [3.05, 3.63) is 136 Å². The molecule has 3 aromatic carbocycles. The monoisotopic (exact) mass is 562 g/mol. The molecule has 1 N–H and O–H groups in total. The van der Waals surface area contributed by atoms with E-state index in [1.165, 1.54) is 29.2 Å². The van der Waals surface area contributed by atoms with Crippen molar-refractivity contribution in [3.63, 3.8) is 0 Å². The van der Waals surface area contributed by atoms with Gasteiger partial charge in [0.2, 0.25) is 0 Å². The fourth-order valence-electron chi connectivity index (χ4n) is 4.67. The van der Waals surface area contributed by atoms with Crippen LogP contribution in [0.4, 0.5) is 4.39 Å². The number of aromatic nitrogens is 7. The van der Waals surface area contributed by atoms with Gasteiger partial charge in [0.05, 0.1) is 35.3 Å². The van der Waals surface area contributed by atoms with Crippen LogP contribution in [0.15, 0.2) is 102 Å². The van der Waals surface area contributed by atoms with Gasteiger partial charge in [0.25, 0.3) is 5.56 Å². The number of rotatable bonds is 7. The predicted molar refractivity (Wildman–Crippen MR) is 151 cm³/mol. The molecule has 0 saturated carbocycles. The van der Waals surface area contributed by atoms with Gasteiger partial charge in [-0.2, -0.15) is 9.94 Å². The Hall–Kier alpha value is -5.40. The number of tetrazole rings is 1. The van der Waals surface area contributed by atoms with E-state index in [0.29, 0.717) is 39.6 Å². The van der Waals surface area contributed by atoms with Crippen molar-refractivity contribution >= 4 is 11.6 Å². The van der Waals surface area contributed by atoms with Gasteiger partial charge in [-0.05, 0) is 75.6 Å². The second-order valence-corrected chi connectivity index (χ2v) is 9.73. The van der Waals surface area contributed by atoms with Gasteiger partial charge in [-0.1, -0.05) is 35.9 Å². The summed E-state index contributed by atoms with van der Waals surface area (Å²) in [7, 11) is 0. The van der Waals surface area contributed by atoms with Crippen molar-refractivity contribution in [3.8, 4) is 34.1 Å². The van der Waals surface area contributed by atoms with Crippen LogP contribution in [0.3, 0.4) is 0 Å². The minimum absolute atomic E-state index is 0.270. The number of H-pyrrole nitrogens is 1. The van der Waals surface area contributed by atoms with Crippen LogP contribution in [0.5, 0.6) is 0 Å². The number of hydrogen-bond acceptors (Lipinski definition) is 6. The number of halogens is 2. The van der Waals surface area contributed by atoms with Gasteiger partial charge >= 0.3 is 0 Å². The molecule has 200 valence electrons. The van der Waals surface area contributed by atoms with Gasteiger partial charge in [0.1, 0.15) is 18.0 Å². The van der Waals surface area contributed by atoms with E-state index < -0.39 is 6.04 Å². The third-order valence-electron chi connectivity index (χ3n) is 6.73. The molecule has 9 nitrogen and oxygen atoms in total. The van der Waals surface area contributed by atoms with E-state index in [-0.39, 0.29) is 11.4 Å². The summed E-state index contributed by atoms with van der Waals surface area (Å²) >= 11 is 6.30. The Kier molecular flexibility index (Phi) is 6.93. The summed E-state index contributed by atoms with van der Waals surface area (Å²) in [6, 6.07) is 23.5. The van der Waals surface area contributed by atoms with Gasteiger partial charge in [0.15, 0.2) is 0 Å². The molecule has 41 heavy (non-hydrogen) atoms. The zero-order chi connectivity index (χ0) is 28.3. The molecular formula is C30H20ClFN8O. The van der Waals surface area contributed by atoms with E-state index in [9.17, 15) is 9.18 Å². The molecule has 0 spiro atoms. The lowest BCUT2D eigenvalue weighted by molar-refractivity contribution is 0.536. The Balaban J connectivity index is 1.41. The Morgan fingerprint density at radius 2 is 1.80 bits per heavy atom. The Morgan fingerprint density at radius 3 is 2.51 bits per heavy atom. The van der Waals surface area contributed by atoms with Gasteiger partial charge in [0, 0.05) is 29.3 Å². The predicted octanol–water partition coefficient (Wildman–Crippen LogP) is 5.38. The number of imidazole rings is 1. The van der Waals surface area contributed by atoms with E-state index >= 15 is 0 Å². The minimum Gasteiger partial charge on any atom is -0.340 e. The largest absolute Gasteiger partial charge is 0.340 e. The highest BCUT2D eigenvalue weighted by atomic mass is 35.5. The summed E-state index contributed by atoms with van der Waals surface area (Å²) in [4.78, 5) is 21.6. The van der Waals surface area contributed by atoms with Crippen molar-refractivity contribution in [2.75, 3.05) is 0 Å². The smallest absolute Gasteiger partial charge is 0.251 e. The van der Waals surface area contributed by atoms with Gasteiger partial charge < -0.3 is 9.55 Å². The molecule has 11 heteroatoms. The molecule has 6 aromatic rings. The van der Waals surface area contributed by atoms with E-state index in [0.717, 1.165) is 16.8 Å². The number of nitrogens with one attached hydrogen (secondary N) is 1. The van der Waals surface area contributed by atoms with E-state index in [2.05, 4.69) is 31.6 Å². The highest BCUT2D eigenvalue weighted by molar-refractivity contribution is 6.31. The lowest BCUT2D eigenvalue weighted by atomic mass is 10.0. The maximum atomic E-state index is 13.7. The lowest BCUT2D eigenvalue weighted by Crippen LogP contribution is -2.27. The molecule has 3 aromatic heterocycles. The molecule has 0 saturated heterocycles. The van der Waals surface area contributed by atoms with Crippen LogP contribution in [0.2, 0.25) is 5.02 Å². The third kappa shape index (κ3) is 5.39. The quantitative estimate of drug-likeness (QED) is 0.279. The molecule has 0 amide bonds. The fraction of sp³-hybridized carbons (Fsp3) is 0.0667. The van der Waals surface area contributed by atoms with Gasteiger partial charge in [-0.3, -0.25) is 4.79 Å². The maximum Gasteiger partial charge on any atom is 0.251 e. The van der Waals surface area contributed by atoms with Crippen LogP contribution in [0.25, 0.3) is 28.1 Å². The minimum atomic E-state index is -0.521. The van der Waals surface area contributed by atoms with Crippen molar-refractivity contribution in [2.45, 2.75) is 12.5 Å². The number of aromatic amines is 1. The van der Waals surface area contributed by atoms with Crippen molar-refractivity contribution in [2.24, 2.45) is 0 Å². The topological polar surface area (TPSA) is 118 Å². The normalized spacial score (nSPS) is 11.7. The molecule has 0 fully saturated rings. The Labute approximate surface area is 238 Å². The zero-order valence-corrected chi connectivity index (χ0v) is 22.1. The van der Waals surface area contributed by atoms with Gasteiger partial charge in [-0.25, -0.2) is 9.37 Å². The molecule has 3 heterocycles. The summed E-state index contributed by atoms with van der Waals surface area (Å²) in [6.45, 7) is 0. The standard InChI is InChI=1S/C30H20ClFN8O/c31-23-7-10-27(40-18-35-37-38-40)25(15-23)22-11-12-39(29(41)14-22)28(13-19-3-8-24(32)9-4-19)30-34-17-26(36-30)21-5-1-20(16-33)2-6-21/h1-12,14-15,17-18,28H,13H2,(H,34,36)/t28-/m1/s1. The van der Waals surface area contributed by atoms with Crippen molar-refractivity contribution < 1.29 is 4.39 Å². The average molecular weight is 563 g/mol. The summed E-state index contributed by atoms with van der Waals surface area (Å²) in [5.74, 6) is 0.216. The summed E-state index contributed by atoms with van der Waals surface area (Å²) in [5.41, 5.74) is 4.69. The van der Waals surface area contributed by atoms with Crippen LogP contribution in [-0.2, 0) is 6.42 Å². The summed E-state index contributed by atoms with van der Waals surface area (Å²) in [5, 5.41) is 21.0. The van der Waals surface area contributed by atoms with Crippen LogP contribution < -0.4 is 5.56 Å². The van der Waals surface area contributed by atoms with E-state index in [4.69, 9.17) is 16.9 Å². The first-order valence-electron chi connectivity index (χ1n) is 12.5. The number of nitriles is 1. The number of pyridine rings is 1. The van der Waals surface area contributed by atoms with Crippen molar-refractivity contribution in [1.29, 1.82) is 5.26 Å². The summed E-state index contributed by atoms with van der Waals surface area (Å²) in [6.07, 6.45) is 5.25. The molecule has 0 aliphatic rings. The molecule has 0 aliphatic carbocycles. The highest BCUT2D eigenvalue weighted by Crippen LogP contribution is 2.30. The first-order chi connectivity index (χ1) is 20.0. The highest BCUT2D eigenvalue weighted by Gasteiger charge is 2.21. The number of hydrogen-bond donors (Lipinski definition) is 1. The second-order valence-electron chi connectivity index (χ2n) is 9.29. The fourth-order valence-corrected chi connectivity index (χ4v) is 4.85. The lowest BCUT2D eigenvalue weighted by Gasteiger charge is -2.19. The van der Waals surface area contributed by atoms with Crippen LogP contribution in [0.1, 0.15) is 23.0 Å². The summed E-state index contributed by atoms with van der Waals surface area (Å²) < 4.78 is 16.7. The molecule has 6 rings (SSSR count). The van der Waals surface area contributed by atoms with Crippen molar-refractivity contribution in [1.82, 2.24) is 34.7 Å². The molecule has 0 unspecified atom stereocenters. The van der Waals surface area contributed by atoms with E-state index in [1.54, 1.807) is 59.4 Å². The second kappa shape index (κ2) is 11.0. The molecule has 0 bridgehead atoms. The van der Waals surface area contributed by atoms with E-state index in [1.807, 2.05) is 18.2 Å². The molecule has 0 radical (unpaired) electrons. The first kappa shape index (κ1) is 25.9. The third-order valence-corrected chi connectivity index (χ3v) is 6.96. The number of nitrogens with zero attached hydrogens (tertiary/aromatic N) is 7. The Bertz CT molecular complexity index is 1920. The van der Waals surface area contributed by atoms with Crippen LogP contribution in [-0.4, -0.2) is 34.7 Å². The molecule has 1 atom stereocenters. The van der Waals surface area contributed by atoms with Crippen LogP contribution >= 0.6 is 11.6 Å². The zero-order valence-electron chi connectivity index (χ0n) is 21.3.